The van der Waals surface area contributed by atoms with Gasteiger partial charge >= 0.3 is 29.6 Å². The third-order valence-electron chi connectivity index (χ3n) is 4.05. The number of hydrogen-bond donors (Lipinski definition) is 0. The molecule has 0 saturated heterocycles. The monoisotopic (exact) mass is 342 g/mol. The molecule has 2 rings (SSSR count). The quantitative estimate of drug-likeness (QED) is 0.565. The van der Waals surface area contributed by atoms with Crippen LogP contribution in [0.3, 0.4) is 0 Å². The van der Waals surface area contributed by atoms with Crippen molar-refractivity contribution in [1.29, 1.82) is 0 Å². The summed E-state index contributed by atoms with van der Waals surface area (Å²) in [5.41, 5.74) is 2.09. The first-order valence-electron chi connectivity index (χ1n) is 7.98. The summed E-state index contributed by atoms with van der Waals surface area (Å²) in [5, 5.41) is 1.55. The second-order valence-electron chi connectivity index (χ2n) is 5.72. The van der Waals surface area contributed by atoms with Gasteiger partial charge in [0.2, 0.25) is 0 Å². The van der Waals surface area contributed by atoms with Crippen LogP contribution in [0.2, 0.25) is 0 Å². The number of unbranched alkanes of at least 4 members (excludes halogenated alkanes) is 2. The van der Waals surface area contributed by atoms with Crippen LogP contribution < -0.4 is 29.6 Å². The molecule has 120 valence electrons. The molecule has 0 fully saturated rings. The molecule has 2 aromatic rings. The largest absolute Gasteiger partial charge is 1.00 e. The third-order valence-corrected chi connectivity index (χ3v) is 4.93. The van der Waals surface area contributed by atoms with E-state index in [-0.39, 0.29) is 34.5 Å². The summed E-state index contributed by atoms with van der Waals surface area (Å²) < 4.78 is 34.9. The van der Waals surface area contributed by atoms with Crippen LogP contribution in [-0.4, -0.2) is 13.0 Å². The second kappa shape index (κ2) is 9.19. The van der Waals surface area contributed by atoms with Gasteiger partial charge in [-0.2, -0.15) is 0 Å². The zero-order chi connectivity index (χ0) is 16.2. The molecule has 0 N–H and O–H groups in total. The summed E-state index contributed by atoms with van der Waals surface area (Å²) in [6, 6.07) is 9.13. The van der Waals surface area contributed by atoms with Gasteiger partial charge < -0.3 is 4.55 Å². The fourth-order valence-corrected chi connectivity index (χ4v) is 3.60. The Kier molecular flexibility index (Phi) is 8.25. The molecule has 0 bridgehead atoms. The van der Waals surface area contributed by atoms with Gasteiger partial charge in [-0.25, -0.2) is 8.42 Å². The van der Waals surface area contributed by atoms with Gasteiger partial charge in [-0.3, -0.25) is 0 Å². The van der Waals surface area contributed by atoms with Gasteiger partial charge in [-0.15, -0.1) is 0 Å². The summed E-state index contributed by atoms with van der Waals surface area (Å²) in [5.74, 6) is 0. The zero-order valence-electron chi connectivity index (χ0n) is 14.3. The zero-order valence-corrected chi connectivity index (χ0v) is 17.1. The molecule has 0 heterocycles. The van der Waals surface area contributed by atoms with Crippen molar-refractivity contribution in [2.24, 2.45) is 0 Å². The van der Waals surface area contributed by atoms with E-state index >= 15 is 0 Å². The van der Waals surface area contributed by atoms with E-state index in [9.17, 15) is 13.0 Å². The maximum absolute atomic E-state index is 11.6. The Hall–Kier alpha value is -0.390. The molecule has 0 amide bonds. The molecule has 0 unspecified atom stereocenters. The van der Waals surface area contributed by atoms with E-state index in [1.807, 2.05) is 18.2 Å². The van der Waals surface area contributed by atoms with Crippen LogP contribution in [0.4, 0.5) is 0 Å². The van der Waals surface area contributed by atoms with Crippen LogP contribution in [0.25, 0.3) is 10.8 Å². The van der Waals surface area contributed by atoms with Gasteiger partial charge in [0.25, 0.3) is 0 Å². The molecular formula is C18H23NaO3S. The van der Waals surface area contributed by atoms with Gasteiger partial charge in [0.1, 0.15) is 10.1 Å². The first-order chi connectivity index (χ1) is 10.5. The summed E-state index contributed by atoms with van der Waals surface area (Å²) in [6.07, 6.45) is 5.86. The van der Waals surface area contributed by atoms with E-state index in [1.165, 1.54) is 6.07 Å². The van der Waals surface area contributed by atoms with Gasteiger partial charge in [-0.05, 0) is 48.3 Å². The number of fused-ring (bicyclic) bond motifs is 1. The number of aryl methyl sites for hydroxylation is 2. The summed E-state index contributed by atoms with van der Waals surface area (Å²) in [7, 11) is -4.46. The summed E-state index contributed by atoms with van der Waals surface area (Å²) in [4.78, 5) is -0.0746. The summed E-state index contributed by atoms with van der Waals surface area (Å²) in [6.45, 7) is 4.23. The SMILES string of the molecule is CCCCc1ccc(S(=O)(=O)[O-])c2c(CCCC)cccc12.[Na+]. The van der Waals surface area contributed by atoms with Crippen molar-refractivity contribution >= 4 is 20.9 Å². The number of benzene rings is 2. The van der Waals surface area contributed by atoms with Crippen LogP contribution in [0, 0.1) is 0 Å². The Morgan fingerprint density at radius 1 is 0.913 bits per heavy atom. The molecule has 0 spiro atoms. The van der Waals surface area contributed by atoms with Crippen molar-refractivity contribution in [1.82, 2.24) is 0 Å². The number of hydrogen-bond acceptors (Lipinski definition) is 3. The smallest absolute Gasteiger partial charge is 0.744 e. The number of rotatable bonds is 7. The summed E-state index contributed by atoms with van der Waals surface area (Å²) >= 11 is 0. The van der Waals surface area contributed by atoms with Crippen LogP contribution in [0.5, 0.6) is 0 Å². The molecule has 0 aliphatic rings. The standard InChI is InChI=1S/C18H24O3S.Na/c1-3-5-8-14-12-13-17(22(19,20)21)18-15(9-6-4-2)10-7-11-16(14)18;/h7,10-13H,3-6,8-9H2,1-2H3,(H,19,20,21);/q;+1/p-1. The molecule has 2 aromatic carbocycles. The van der Waals surface area contributed by atoms with E-state index < -0.39 is 10.1 Å². The minimum absolute atomic E-state index is 0. The fourth-order valence-electron chi connectivity index (χ4n) is 2.88. The topological polar surface area (TPSA) is 57.2 Å². The van der Waals surface area contributed by atoms with Gasteiger partial charge in [0.15, 0.2) is 0 Å². The van der Waals surface area contributed by atoms with E-state index in [1.54, 1.807) is 6.07 Å². The van der Waals surface area contributed by atoms with Crippen LogP contribution >= 0.6 is 0 Å². The molecule has 23 heavy (non-hydrogen) atoms. The van der Waals surface area contributed by atoms with Gasteiger partial charge in [-0.1, -0.05) is 51.0 Å². The predicted molar refractivity (Wildman–Crippen MR) is 89.1 cm³/mol. The van der Waals surface area contributed by atoms with Crippen molar-refractivity contribution in [3.8, 4) is 0 Å². The van der Waals surface area contributed by atoms with Crippen molar-refractivity contribution in [2.45, 2.75) is 57.3 Å². The minimum Gasteiger partial charge on any atom is -0.744 e. The van der Waals surface area contributed by atoms with E-state index in [4.69, 9.17) is 0 Å². The third kappa shape index (κ3) is 5.04. The Bertz CT molecular complexity index is 754. The van der Waals surface area contributed by atoms with E-state index in [0.29, 0.717) is 5.39 Å². The first kappa shape index (κ1) is 20.7. The molecule has 0 aromatic heterocycles. The van der Waals surface area contributed by atoms with Crippen LogP contribution in [0.15, 0.2) is 35.2 Å². The Balaban J connectivity index is 0.00000264. The van der Waals surface area contributed by atoms with Crippen molar-refractivity contribution in [3.63, 3.8) is 0 Å². The van der Waals surface area contributed by atoms with Gasteiger partial charge in [0.05, 0.1) is 4.90 Å². The molecule has 0 aliphatic carbocycles. The molecule has 0 aliphatic heterocycles. The van der Waals surface area contributed by atoms with Crippen molar-refractivity contribution in [2.75, 3.05) is 0 Å². The average Bonchev–Trinajstić information content (AvgIpc) is 2.49. The molecule has 0 saturated carbocycles. The first-order valence-corrected chi connectivity index (χ1v) is 9.39. The Morgan fingerprint density at radius 3 is 2.09 bits per heavy atom. The van der Waals surface area contributed by atoms with Crippen molar-refractivity contribution < 1.29 is 42.5 Å². The maximum atomic E-state index is 11.6. The Morgan fingerprint density at radius 2 is 1.52 bits per heavy atom. The van der Waals surface area contributed by atoms with E-state index in [0.717, 1.165) is 55.0 Å². The van der Waals surface area contributed by atoms with Crippen LogP contribution in [0.1, 0.15) is 50.7 Å². The molecule has 0 radical (unpaired) electrons. The molecule has 3 nitrogen and oxygen atoms in total. The molecular weight excluding hydrogens is 319 g/mol. The van der Waals surface area contributed by atoms with Gasteiger partial charge in [0, 0.05) is 5.39 Å². The predicted octanol–water partition coefficient (Wildman–Crippen LogP) is 1.43. The maximum Gasteiger partial charge on any atom is 1.00 e. The fraction of sp³-hybridized carbons (Fsp3) is 0.444. The molecule has 0 atom stereocenters. The molecule has 5 heteroatoms. The average molecular weight is 342 g/mol. The normalized spacial score (nSPS) is 11.4. The van der Waals surface area contributed by atoms with Crippen molar-refractivity contribution in [3.05, 3.63) is 41.5 Å². The van der Waals surface area contributed by atoms with Crippen LogP contribution in [-0.2, 0) is 23.0 Å². The Labute approximate surface area is 161 Å². The second-order valence-corrected chi connectivity index (χ2v) is 7.07. The van der Waals surface area contributed by atoms with E-state index in [2.05, 4.69) is 13.8 Å². The minimum atomic E-state index is -4.46.